The number of halogens is 1. The highest BCUT2D eigenvalue weighted by Crippen LogP contribution is 2.11. The van der Waals surface area contributed by atoms with Gasteiger partial charge in [-0.2, -0.15) is 0 Å². The van der Waals surface area contributed by atoms with Gasteiger partial charge in [-0.15, -0.1) is 6.42 Å². The zero-order valence-electron chi connectivity index (χ0n) is 21.2. The maximum absolute atomic E-state index is 13.3. The second-order valence-corrected chi connectivity index (χ2v) is 8.66. The second-order valence-electron chi connectivity index (χ2n) is 8.66. The number of hydrogen-bond acceptors (Lipinski definition) is 5. The Morgan fingerprint density at radius 2 is 1.66 bits per heavy atom. The first-order chi connectivity index (χ1) is 18.3. The summed E-state index contributed by atoms with van der Waals surface area (Å²) in [6.45, 7) is 2.10. The molecule has 0 aliphatic carbocycles. The minimum Gasteiger partial charge on any atom is -0.465 e. The number of rotatable bonds is 11. The number of benzene rings is 3. The molecule has 0 fully saturated rings. The van der Waals surface area contributed by atoms with Crippen molar-refractivity contribution in [2.75, 3.05) is 13.7 Å². The molecule has 3 aromatic rings. The van der Waals surface area contributed by atoms with Crippen molar-refractivity contribution >= 4 is 17.8 Å². The Labute approximate surface area is 221 Å². The highest BCUT2D eigenvalue weighted by Gasteiger charge is 2.24. The molecule has 8 heteroatoms. The van der Waals surface area contributed by atoms with E-state index in [-0.39, 0.29) is 25.2 Å². The van der Waals surface area contributed by atoms with Crippen LogP contribution < -0.4 is 10.6 Å². The van der Waals surface area contributed by atoms with Gasteiger partial charge in [0.2, 0.25) is 5.91 Å². The maximum atomic E-state index is 13.3. The van der Waals surface area contributed by atoms with E-state index in [2.05, 4.69) is 16.6 Å². The van der Waals surface area contributed by atoms with Crippen LogP contribution in [0, 0.1) is 25.1 Å². The normalized spacial score (nSPS) is 12.1. The van der Waals surface area contributed by atoms with E-state index in [1.165, 1.54) is 31.4 Å². The fourth-order valence-corrected chi connectivity index (χ4v) is 3.73. The van der Waals surface area contributed by atoms with E-state index in [1.54, 1.807) is 24.3 Å². The van der Waals surface area contributed by atoms with Gasteiger partial charge in [0, 0.05) is 12.0 Å². The van der Waals surface area contributed by atoms with E-state index < -0.39 is 35.7 Å². The molecule has 0 aromatic heterocycles. The monoisotopic (exact) mass is 516 g/mol. The van der Waals surface area contributed by atoms with Crippen LogP contribution in [0.5, 0.6) is 0 Å². The van der Waals surface area contributed by atoms with Crippen molar-refractivity contribution in [2.24, 2.45) is 0 Å². The van der Waals surface area contributed by atoms with Gasteiger partial charge in [-0.1, -0.05) is 47.9 Å². The average Bonchev–Trinajstić information content (AvgIpc) is 2.92. The first-order valence-corrected chi connectivity index (χ1v) is 11.9. The van der Waals surface area contributed by atoms with Gasteiger partial charge >= 0.3 is 5.97 Å². The zero-order chi connectivity index (χ0) is 27.5. The summed E-state index contributed by atoms with van der Waals surface area (Å²) < 4.78 is 23.7. The molecule has 0 heterocycles. The molecular weight excluding hydrogens is 487 g/mol. The molecule has 0 aliphatic heterocycles. The van der Waals surface area contributed by atoms with Crippen molar-refractivity contribution in [3.8, 4) is 12.3 Å². The largest absolute Gasteiger partial charge is 0.465 e. The summed E-state index contributed by atoms with van der Waals surface area (Å²) in [6, 6.07) is 17.7. The molecule has 7 nitrogen and oxygen atoms in total. The lowest BCUT2D eigenvalue weighted by molar-refractivity contribution is -0.123. The highest BCUT2D eigenvalue weighted by atomic mass is 19.1. The number of hydrogen-bond donors (Lipinski definition) is 2. The van der Waals surface area contributed by atoms with Crippen molar-refractivity contribution in [1.29, 1.82) is 0 Å². The van der Waals surface area contributed by atoms with Crippen molar-refractivity contribution in [3.63, 3.8) is 0 Å². The predicted molar refractivity (Wildman–Crippen MR) is 141 cm³/mol. The van der Waals surface area contributed by atoms with Gasteiger partial charge in [0.25, 0.3) is 5.91 Å². The van der Waals surface area contributed by atoms with Crippen LogP contribution in [0.2, 0.25) is 0 Å². The molecule has 0 radical (unpaired) electrons. The Kier molecular flexibility index (Phi) is 10.1. The first kappa shape index (κ1) is 28.1. The highest BCUT2D eigenvalue weighted by molar-refractivity contribution is 5.97. The lowest BCUT2D eigenvalue weighted by atomic mass is 10.0. The van der Waals surface area contributed by atoms with Crippen molar-refractivity contribution in [2.45, 2.75) is 32.0 Å². The van der Waals surface area contributed by atoms with Crippen LogP contribution in [0.4, 0.5) is 4.39 Å². The van der Waals surface area contributed by atoms with Gasteiger partial charge < -0.3 is 20.1 Å². The Morgan fingerprint density at radius 3 is 2.34 bits per heavy atom. The molecule has 196 valence electrons. The van der Waals surface area contributed by atoms with E-state index >= 15 is 0 Å². The lowest BCUT2D eigenvalue weighted by Crippen LogP contribution is -2.51. The number of nitrogens with one attached hydrogen (secondary N) is 2. The fourth-order valence-electron chi connectivity index (χ4n) is 3.73. The molecule has 3 aromatic carbocycles. The first-order valence-electron chi connectivity index (χ1n) is 11.9. The van der Waals surface area contributed by atoms with Crippen LogP contribution in [0.15, 0.2) is 72.8 Å². The third-order valence-electron chi connectivity index (χ3n) is 5.67. The molecule has 0 aliphatic rings. The van der Waals surface area contributed by atoms with Crippen LogP contribution in [-0.4, -0.2) is 43.6 Å². The average molecular weight is 517 g/mol. The fraction of sp³-hybridized carbons (Fsp3) is 0.233. The predicted octanol–water partition coefficient (Wildman–Crippen LogP) is 3.60. The standard InChI is InChI=1S/C30H29FN2O5/c1-4-26(19-38-18-22-9-6-10-24(16-22)30(36)37-3)32-29(35)27(17-21-8-5-7-20(2)15-21)33-28(34)23-11-13-25(31)14-12-23/h1,5-16,26-27H,17-19H2,2-3H3,(H,32,35)(H,33,34)/t26-,27+/m1/s1. The summed E-state index contributed by atoms with van der Waals surface area (Å²) in [7, 11) is 1.31. The summed E-state index contributed by atoms with van der Waals surface area (Å²) in [4.78, 5) is 37.7. The van der Waals surface area contributed by atoms with Crippen LogP contribution in [-0.2, 0) is 27.3 Å². The summed E-state index contributed by atoms with van der Waals surface area (Å²) in [5.41, 5.74) is 3.21. The van der Waals surface area contributed by atoms with Crippen LogP contribution in [0.1, 0.15) is 37.4 Å². The quantitative estimate of drug-likeness (QED) is 0.300. The molecule has 2 N–H and O–H groups in total. The molecule has 0 saturated carbocycles. The van der Waals surface area contributed by atoms with Crippen molar-refractivity contribution < 1.29 is 28.2 Å². The van der Waals surface area contributed by atoms with E-state index in [0.29, 0.717) is 5.56 Å². The number of aryl methyl sites for hydroxylation is 1. The van der Waals surface area contributed by atoms with Gasteiger partial charge in [-0.25, -0.2) is 9.18 Å². The van der Waals surface area contributed by atoms with Crippen LogP contribution in [0.25, 0.3) is 0 Å². The molecule has 3 rings (SSSR count). The molecule has 0 spiro atoms. The SMILES string of the molecule is C#C[C@H](COCc1cccc(C(=O)OC)c1)NC(=O)[C@H](Cc1cccc(C)c1)NC(=O)c1ccc(F)cc1. The number of carbonyl (C=O) groups is 3. The van der Waals surface area contributed by atoms with Crippen LogP contribution in [0.3, 0.4) is 0 Å². The number of methoxy groups -OCH3 is 1. The molecule has 0 bridgehead atoms. The summed E-state index contributed by atoms with van der Waals surface area (Å²) in [5, 5.41) is 5.47. The van der Waals surface area contributed by atoms with Crippen molar-refractivity contribution in [1.82, 2.24) is 10.6 Å². The van der Waals surface area contributed by atoms with E-state index in [9.17, 15) is 18.8 Å². The Hall–Kier alpha value is -4.48. The number of carbonyl (C=O) groups excluding carboxylic acids is 3. The molecule has 0 unspecified atom stereocenters. The van der Waals surface area contributed by atoms with Gasteiger partial charge in [0.1, 0.15) is 17.9 Å². The van der Waals surface area contributed by atoms with Gasteiger partial charge in [0.15, 0.2) is 0 Å². The molecule has 2 atom stereocenters. The van der Waals surface area contributed by atoms with Gasteiger partial charge in [0.05, 0.1) is 25.9 Å². The molecular formula is C30H29FN2O5. The number of ether oxygens (including phenoxy) is 2. The molecule has 38 heavy (non-hydrogen) atoms. The molecule has 0 saturated heterocycles. The Morgan fingerprint density at radius 1 is 0.947 bits per heavy atom. The third-order valence-corrected chi connectivity index (χ3v) is 5.67. The number of terminal acetylenes is 1. The minimum absolute atomic E-state index is 0.00770. The molecule has 2 amide bonds. The van der Waals surface area contributed by atoms with Crippen molar-refractivity contribution in [3.05, 3.63) is 106 Å². The summed E-state index contributed by atoms with van der Waals surface area (Å²) >= 11 is 0. The van der Waals surface area contributed by atoms with E-state index in [0.717, 1.165) is 16.7 Å². The third kappa shape index (κ3) is 8.29. The number of amides is 2. The van der Waals surface area contributed by atoms with Crippen LogP contribution >= 0.6 is 0 Å². The van der Waals surface area contributed by atoms with Gasteiger partial charge in [-0.05, 0) is 54.4 Å². The van der Waals surface area contributed by atoms with E-state index in [4.69, 9.17) is 15.9 Å². The second kappa shape index (κ2) is 13.7. The smallest absolute Gasteiger partial charge is 0.337 e. The lowest BCUT2D eigenvalue weighted by Gasteiger charge is -2.21. The van der Waals surface area contributed by atoms with E-state index in [1.807, 2.05) is 31.2 Å². The number of esters is 1. The summed E-state index contributed by atoms with van der Waals surface area (Å²) in [6.07, 6.45) is 5.85. The Balaban J connectivity index is 1.66. The van der Waals surface area contributed by atoms with Gasteiger partial charge in [-0.3, -0.25) is 9.59 Å². The zero-order valence-corrected chi connectivity index (χ0v) is 21.2. The Bertz CT molecular complexity index is 1320. The minimum atomic E-state index is -0.943. The summed E-state index contributed by atoms with van der Waals surface area (Å²) in [5.74, 6) is 0.566. The topological polar surface area (TPSA) is 93.7 Å². The maximum Gasteiger partial charge on any atom is 0.337 e.